The van der Waals surface area contributed by atoms with Gasteiger partial charge in [-0.1, -0.05) is 45.0 Å². The molecule has 1 rings (SSSR count). The first-order valence-corrected chi connectivity index (χ1v) is 6.36. The van der Waals surface area contributed by atoms with Crippen molar-refractivity contribution in [3.63, 3.8) is 0 Å². The molecule has 0 saturated heterocycles. The van der Waals surface area contributed by atoms with E-state index in [0.29, 0.717) is 5.92 Å². The summed E-state index contributed by atoms with van der Waals surface area (Å²) in [5, 5.41) is 0. The van der Waals surface area contributed by atoms with Crippen molar-refractivity contribution < 1.29 is 4.79 Å². The van der Waals surface area contributed by atoms with Gasteiger partial charge in [0, 0.05) is 28.5 Å². The average Bonchev–Trinajstić information content (AvgIpc) is 2.17. The van der Waals surface area contributed by atoms with E-state index in [1.54, 1.807) is 0 Å². The third-order valence-electron chi connectivity index (χ3n) is 2.46. The predicted molar refractivity (Wildman–Crippen MR) is 72.4 cm³/mol. The number of hydrogen-bond donors (Lipinski definition) is 0. The van der Waals surface area contributed by atoms with Crippen molar-refractivity contribution in [2.24, 2.45) is 5.92 Å². The molecule has 1 unspecified atom stereocenters. The van der Waals surface area contributed by atoms with Crippen molar-refractivity contribution in [2.75, 3.05) is 0 Å². The van der Waals surface area contributed by atoms with Gasteiger partial charge < -0.3 is 0 Å². The second-order valence-electron chi connectivity index (χ2n) is 4.37. The van der Waals surface area contributed by atoms with Crippen LogP contribution in [-0.2, 0) is 11.2 Å². The third-order valence-corrected chi connectivity index (χ3v) is 3.40. The van der Waals surface area contributed by atoms with Gasteiger partial charge in [0.05, 0.1) is 0 Å². The quantitative estimate of drug-likeness (QED) is 0.607. The highest BCUT2D eigenvalue weighted by Gasteiger charge is 2.11. The van der Waals surface area contributed by atoms with Crippen molar-refractivity contribution in [3.8, 4) is 0 Å². The smallest absolute Gasteiger partial charge is 0.199 e. The monoisotopic (exact) mass is 316 g/mol. The van der Waals surface area contributed by atoms with E-state index in [0.717, 1.165) is 12.0 Å². The summed E-state index contributed by atoms with van der Waals surface area (Å²) < 4.78 is 0.198. The van der Waals surface area contributed by atoms with Gasteiger partial charge in [0.1, 0.15) is 0 Å². The lowest BCUT2D eigenvalue weighted by atomic mass is 9.98. The molecule has 0 saturated carbocycles. The number of rotatable bonds is 4. The Morgan fingerprint density at radius 3 is 2.13 bits per heavy atom. The molecule has 2 heteroatoms. The molecule has 0 radical (unpaired) electrons. The van der Waals surface area contributed by atoms with Crippen molar-refractivity contribution in [1.29, 1.82) is 0 Å². The Morgan fingerprint density at radius 1 is 1.20 bits per heavy atom. The minimum Gasteiger partial charge on any atom is -0.287 e. The molecule has 0 aliphatic heterocycles. The van der Waals surface area contributed by atoms with E-state index in [4.69, 9.17) is 0 Å². The van der Waals surface area contributed by atoms with Gasteiger partial charge in [0.25, 0.3) is 0 Å². The van der Waals surface area contributed by atoms with Crippen LogP contribution in [0.4, 0.5) is 0 Å². The Morgan fingerprint density at radius 2 is 1.73 bits per heavy atom. The molecule has 1 nitrogen and oxygen atoms in total. The Kier molecular flexibility index (Phi) is 4.77. The molecule has 0 fully saturated rings. The van der Waals surface area contributed by atoms with Gasteiger partial charge in [-0.2, -0.15) is 0 Å². The van der Waals surface area contributed by atoms with Gasteiger partial charge in [-0.15, -0.1) is 0 Å². The first-order chi connectivity index (χ1) is 7.00. The minimum absolute atomic E-state index is 0.0127. The molecule has 0 aliphatic carbocycles. The SMILES string of the molecule is CC(C)Cc1ccc(C(C)C(=O)I)cc1. The Balaban J connectivity index is 2.76. The lowest BCUT2D eigenvalue weighted by Crippen LogP contribution is -2.01. The summed E-state index contributed by atoms with van der Waals surface area (Å²) in [4.78, 5) is 11.2. The Hall–Kier alpha value is -0.380. The van der Waals surface area contributed by atoms with Gasteiger partial charge in [0.15, 0.2) is 3.79 Å². The van der Waals surface area contributed by atoms with Crippen LogP contribution in [0.1, 0.15) is 37.8 Å². The molecule has 0 aliphatic rings. The highest BCUT2D eigenvalue weighted by molar-refractivity contribution is 14.1. The lowest BCUT2D eigenvalue weighted by Gasteiger charge is -2.09. The summed E-state index contributed by atoms with van der Waals surface area (Å²) in [6, 6.07) is 8.40. The van der Waals surface area contributed by atoms with Crippen LogP contribution in [-0.4, -0.2) is 3.79 Å². The van der Waals surface area contributed by atoms with Gasteiger partial charge in [-0.25, -0.2) is 0 Å². The predicted octanol–water partition coefficient (Wildman–Crippen LogP) is 3.95. The Bertz CT molecular complexity index is 327. The molecule has 1 aromatic carbocycles. The van der Waals surface area contributed by atoms with E-state index in [1.165, 1.54) is 5.56 Å². The van der Waals surface area contributed by atoms with E-state index in [2.05, 4.69) is 38.1 Å². The summed E-state index contributed by atoms with van der Waals surface area (Å²) in [6.45, 7) is 6.38. The van der Waals surface area contributed by atoms with E-state index < -0.39 is 0 Å². The van der Waals surface area contributed by atoms with Crippen LogP contribution in [0.2, 0.25) is 0 Å². The van der Waals surface area contributed by atoms with Crippen LogP contribution in [0.5, 0.6) is 0 Å². The van der Waals surface area contributed by atoms with Crippen molar-refractivity contribution in [2.45, 2.75) is 33.1 Å². The summed E-state index contributed by atoms with van der Waals surface area (Å²) in [5.41, 5.74) is 2.46. The minimum atomic E-state index is 0.0127. The van der Waals surface area contributed by atoms with Crippen LogP contribution in [0.3, 0.4) is 0 Å². The fraction of sp³-hybridized carbons (Fsp3) is 0.462. The summed E-state index contributed by atoms with van der Waals surface area (Å²) >= 11 is 1.86. The van der Waals surface area contributed by atoms with E-state index in [1.807, 2.05) is 29.5 Å². The van der Waals surface area contributed by atoms with Gasteiger partial charge >= 0.3 is 0 Å². The molecule has 1 atom stereocenters. The number of carbonyl (C=O) groups excluding carboxylic acids is 1. The fourth-order valence-corrected chi connectivity index (χ4v) is 1.90. The zero-order valence-corrected chi connectivity index (χ0v) is 11.6. The Labute approximate surface area is 105 Å². The zero-order chi connectivity index (χ0) is 11.4. The lowest BCUT2D eigenvalue weighted by molar-refractivity contribution is -0.110. The first kappa shape index (κ1) is 12.7. The molecule has 0 N–H and O–H groups in total. The first-order valence-electron chi connectivity index (χ1n) is 5.29. The van der Waals surface area contributed by atoms with Crippen LogP contribution >= 0.6 is 22.6 Å². The fourth-order valence-electron chi connectivity index (χ4n) is 1.54. The van der Waals surface area contributed by atoms with E-state index in [9.17, 15) is 4.79 Å². The van der Waals surface area contributed by atoms with Gasteiger partial charge in [-0.05, 0) is 23.5 Å². The highest BCUT2D eigenvalue weighted by Crippen LogP contribution is 2.20. The molecule has 15 heavy (non-hydrogen) atoms. The molecule has 1 aromatic rings. The van der Waals surface area contributed by atoms with E-state index in [-0.39, 0.29) is 9.71 Å². The number of halogens is 1. The average molecular weight is 316 g/mol. The van der Waals surface area contributed by atoms with Gasteiger partial charge in [-0.3, -0.25) is 4.79 Å². The maximum absolute atomic E-state index is 11.2. The molecule has 0 heterocycles. The normalized spacial score (nSPS) is 12.9. The molecule has 0 bridgehead atoms. The summed E-state index contributed by atoms with van der Waals surface area (Å²) in [6.07, 6.45) is 1.10. The highest BCUT2D eigenvalue weighted by atomic mass is 127. The maximum atomic E-state index is 11.2. The van der Waals surface area contributed by atoms with Crippen molar-refractivity contribution in [1.82, 2.24) is 0 Å². The molecular weight excluding hydrogens is 299 g/mol. The summed E-state index contributed by atoms with van der Waals surface area (Å²) in [5.74, 6) is 0.693. The van der Waals surface area contributed by atoms with Crippen LogP contribution in [0.15, 0.2) is 24.3 Å². The van der Waals surface area contributed by atoms with Crippen molar-refractivity contribution >= 4 is 26.4 Å². The standard InChI is InChI=1S/C13H17IO/c1-9(2)8-11-4-6-12(7-5-11)10(3)13(14)15/h4-7,9-10H,8H2,1-3H3. The van der Waals surface area contributed by atoms with Crippen LogP contribution in [0.25, 0.3) is 0 Å². The topological polar surface area (TPSA) is 17.1 Å². The molecule has 0 aromatic heterocycles. The molecule has 0 spiro atoms. The summed E-state index contributed by atoms with van der Waals surface area (Å²) in [7, 11) is 0. The van der Waals surface area contributed by atoms with Crippen LogP contribution in [0, 0.1) is 5.92 Å². The second-order valence-corrected chi connectivity index (χ2v) is 5.43. The van der Waals surface area contributed by atoms with E-state index >= 15 is 0 Å². The van der Waals surface area contributed by atoms with Gasteiger partial charge in [0.2, 0.25) is 0 Å². The largest absolute Gasteiger partial charge is 0.287 e. The molecule has 0 amide bonds. The maximum Gasteiger partial charge on any atom is 0.199 e. The van der Waals surface area contributed by atoms with Crippen molar-refractivity contribution in [3.05, 3.63) is 35.4 Å². The number of carbonyl (C=O) groups is 1. The third kappa shape index (κ3) is 3.93. The number of benzene rings is 1. The van der Waals surface area contributed by atoms with Crippen LogP contribution < -0.4 is 0 Å². The number of hydrogen-bond acceptors (Lipinski definition) is 1. The zero-order valence-electron chi connectivity index (χ0n) is 9.46. The molecule has 82 valence electrons. The second kappa shape index (κ2) is 5.64. The molecular formula is C13H17IO.